The third-order valence-electron chi connectivity index (χ3n) is 5.29. The van der Waals surface area contributed by atoms with Gasteiger partial charge in [0.1, 0.15) is 0 Å². The summed E-state index contributed by atoms with van der Waals surface area (Å²) in [6.45, 7) is 10.9. The standard InChI is InChI=1S/C23H28N2O2/c1-15-10-11-18(12-16(15)2)25-14-17(13-21(25)26)22(27)24-20-9-7-6-8-19(20)23(3,4)5/h6-12,17H,13-14H2,1-5H3,(H,24,27)/t17-/m1/s1. The molecule has 0 bridgehead atoms. The van der Waals surface area contributed by atoms with E-state index < -0.39 is 0 Å². The number of anilines is 2. The Morgan fingerprint density at radius 3 is 2.44 bits per heavy atom. The molecule has 1 fully saturated rings. The summed E-state index contributed by atoms with van der Waals surface area (Å²) >= 11 is 0. The van der Waals surface area contributed by atoms with E-state index in [1.807, 2.05) is 56.3 Å². The summed E-state index contributed by atoms with van der Waals surface area (Å²) in [7, 11) is 0. The van der Waals surface area contributed by atoms with Gasteiger partial charge in [-0.2, -0.15) is 0 Å². The van der Waals surface area contributed by atoms with Crippen molar-refractivity contribution in [3.05, 3.63) is 59.2 Å². The molecule has 0 aromatic heterocycles. The molecule has 4 nitrogen and oxygen atoms in total. The molecule has 0 aliphatic carbocycles. The van der Waals surface area contributed by atoms with E-state index in [-0.39, 0.29) is 29.6 Å². The molecule has 3 rings (SSSR count). The highest BCUT2D eigenvalue weighted by molar-refractivity contribution is 6.03. The molecule has 0 spiro atoms. The Hall–Kier alpha value is -2.62. The molecular weight excluding hydrogens is 336 g/mol. The van der Waals surface area contributed by atoms with E-state index in [1.54, 1.807) is 4.90 Å². The minimum absolute atomic E-state index is 0.00232. The predicted octanol–water partition coefficient (Wildman–Crippen LogP) is 4.59. The first kappa shape index (κ1) is 19.2. The number of nitrogens with one attached hydrogen (secondary N) is 1. The molecule has 1 aliphatic heterocycles. The molecule has 142 valence electrons. The van der Waals surface area contributed by atoms with Crippen molar-refractivity contribution >= 4 is 23.2 Å². The van der Waals surface area contributed by atoms with E-state index >= 15 is 0 Å². The highest BCUT2D eigenvalue weighted by atomic mass is 16.2. The molecule has 0 unspecified atom stereocenters. The second-order valence-electron chi connectivity index (χ2n) is 8.46. The van der Waals surface area contributed by atoms with Crippen molar-refractivity contribution in [2.45, 2.75) is 46.5 Å². The molecule has 1 N–H and O–H groups in total. The second-order valence-corrected chi connectivity index (χ2v) is 8.46. The first-order valence-corrected chi connectivity index (χ1v) is 9.45. The molecule has 27 heavy (non-hydrogen) atoms. The van der Waals surface area contributed by atoms with E-state index in [9.17, 15) is 9.59 Å². The highest BCUT2D eigenvalue weighted by Crippen LogP contribution is 2.31. The van der Waals surface area contributed by atoms with Crippen LogP contribution in [0.1, 0.15) is 43.9 Å². The topological polar surface area (TPSA) is 49.4 Å². The van der Waals surface area contributed by atoms with Crippen LogP contribution in [0.4, 0.5) is 11.4 Å². The van der Waals surface area contributed by atoms with Crippen LogP contribution >= 0.6 is 0 Å². The molecule has 2 amide bonds. The number of benzene rings is 2. The van der Waals surface area contributed by atoms with Crippen LogP contribution in [0.2, 0.25) is 0 Å². The van der Waals surface area contributed by atoms with Gasteiger partial charge in [0.15, 0.2) is 0 Å². The number of carbonyl (C=O) groups excluding carboxylic acids is 2. The Morgan fingerprint density at radius 2 is 1.78 bits per heavy atom. The fraction of sp³-hybridized carbons (Fsp3) is 0.391. The fourth-order valence-electron chi connectivity index (χ4n) is 3.51. The molecular formula is C23H28N2O2. The van der Waals surface area contributed by atoms with Gasteiger partial charge in [-0.25, -0.2) is 0 Å². The average molecular weight is 364 g/mol. The number of para-hydroxylation sites is 1. The van der Waals surface area contributed by atoms with E-state index in [0.29, 0.717) is 6.54 Å². The first-order chi connectivity index (χ1) is 12.7. The summed E-state index contributed by atoms with van der Waals surface area (Å²) in [5.74, 6) is -0.430. The van der Waals surface area contributed by atoms with Gasteiger partial charge in [-0.05, 0) is 54.2 Å². The molecule has 0 saturated carbocycles. The van der Waals surface area contributed by atoms with Crippen LogP contribution in [-0.4, -0.2) is 18.4 Å². The minimum atomic E-state index is -0.341. The number of hydrogen-bond donors (Lipinski definition) is 1. The van der Waals surface area contributed by atoms with Crippen molar-refractivity contribution in [2.24, 2.45) is 5.92 Å². The summed E-state index contributed by atoms with van der Waals surface area (Å²) in [6, 6.07) is 13.9. The van der Waals surface area contributed by atoms with Gasteiger partial charge in [0.25, 0.3) is 0 Å². The van der Waals surface area contributed by atoms with Crippen LogP contribution < -0.4 is 10.2 Å². The zero-order chi connectivity index (χ0) is 19.8. The van der Waals surface area contributed by atoms with Crippen molar-refractivity contribution < 1.29 is 9.59 Å². The summed E-state index contributed by atoms with van der Waals surface area (Å²) in [4.78, 5) is 27.1. The highest BCUT2D eigenvalue weighted by Gasteiger charge is 2.35. The van der Waals surface area contributed by atoms with Crippen molar-refractivity contribution in [2.75, 3.05) is 16.8 Å². The summed E-state index contributed by atoms with van der Waals surface area (Å²) in [5, 5.41) is 3.05. The lowest BCUT2D eigenvalue weighted by molar-refractivity contribution is -0.122. The lowest BCUT2D eigenvalue weighted by Crippen LogP contribution is -2.29. The van der Waals surface area contributed by atoms with E-state index in [1.165, 1.54) is 5.56 Å². The van der Waals surface area contributed by atoms with Gasteiger partial charge in [-0.15, -0.1) is 0 Å². The van der Waals surface area contributed by atoms with Crippen LogP contribution in [0, 0.1) is 19.8 Å². The second kappa shape index (κ2) is 7.18. The SMILES string of the molecule is Cc1ccc(N2C[C@H](C(=O)Nc3ccccc3C(C)(C)C)CC2=O)cc1C. The van der Waals surface area contributed by atoms with Crippen LogP contribution in [0.3, 0.4) is 0 Å². The van der Waals surface area contributed by atoms with E-state index in [2.05, 4.69) is 26.1 Å². The average Bonchev–Trinajstić information content (AvgIpc) is 2.99. The zero-order valence-electron chi connectivity index (χ0n) is 16.8. The third kappa shape index (κ3) is 4.05. The molecule has 4 heteroatoms. The Labute approximate surface area is 161 Å². The number of nitrogens with zero attached hydrogens (tertiary/aromatic N) is 1. The molecule has 0 radical (unpaired) electrons. The van der Waals surface area contributed by atoms with Crippen LogP contribution in [-0.2, 0) is 15.0 Å². The van der Waals surface area contributed by atoms with E-state index in [0.717, 1.165) is 22.5 Å². The molecule has 2 aromatic carbocycles. The Bertz CT molecular complexity index is 880. The summed E-state index contributed by atoms with van der Waals surface area (Å²) in [5.41, 5.74) is 5.06. The smallest absolute Gasteiger partial charge is 0.229 e. The summed E-state index contributed by atoms with van der Waals surface area (Å²) in [6.07, 6.45) is 0.246. The number of amides is 2. The number of carbonyl (C=O) groups is 2. The number of rotatable bonds is 3. The summed E-state index contributed by atoms with van der Waals surface area (Å²) < 4.78 is 0. The van der Waals surface area contributed by atoms with E-state index in [4.69, 9.17) is 0 Å². The number of aryl methyl sites for hydroxylation is 2. The lowest BCUT2D eigenvalue weighted by atomic mass is 9.85. The van der Waals surface area contributed by atoms with Gasteiger partial charge in [-0.3, -0.25) is 9.59 Å². The fourth-order valence-corrected chi connectivity index (χ4v) is 3.51. The number of hydrogen-bond acceptors (Lipinski definition) is 2. The van der Waals surface area contributed by atoms with Crippen molar-refractivity contribution in [3.8, 4) is 0 Å². The maximum atomic E-state index is 12.8. The van der Waals surface area contributed by atoms with Gasteiger partial charge in [0, 0.05) is 24.3 Å². The molecule has 1 aliphatic rings. The third-order valence-corrected chi connectivity index (χ3v) is 5.29. The molecule has 2 aromatic rings. The maximum Gasteiger partial charge on any atom is 0.229 e. The molecule has 1 saturated heterocycles. The zero-order valence-corrected chi connectivity index (χ0v) is 16.8. The van der Waals surface area contributed by atoms with Gasteiger partial charge >= 0.3 is 0 Å². The van der Waals surface area contributed by atoms with Crippen LogP contribution in [0.5, 0.6) is 0 Å². The predicted molar refractivity (Wildman–Crippen MR) is 110 cm³/mol. The largest absolute Gasteiger partial charge is 0.326 e. The van der Waals surface area contributed by atoms with Gasteiger partial charge < -0.3 is 10.2 Å². The molecule has 1 atom stereocenters. The van der Waals surface area contributed by atoms with Gasteiger partial charge in [-0.1, -0.05) is 45.0 Å². The lowest BCUT2D eigenvalue weighted by Gasteiger charge is -2.23. The first-order valence-electron chi connectivity index (χ1n) is 9.45. The Balaban J connectivity index is 1.76. The molecule has 1 heterocycles. The van der Waals surface area contributed by atoms with Gasteiger partial charge in [0.2, 0.25) is 11.8 Å². The van der Waals surface area contributed by atoms with Gasteiger partial charge in [0.05, 0.1) is 5.92 Å². The Morgan fingerprint density at radius 1 is 1.07 bits per heavy atom. The van der Waals surface area contributed by atoms with Crippen molar-refractivity contribution in [3.63, 3.8) is 0 Å². The monoisotopic (exact) mass is 364 g/mol. The maximum absolute atomic E-state index is 12.8. The normalized spacial score (nSPS) is 17.3. The van der Waals surface area contributed by atoms with Crippen LogP contribution in [0.15, 0.2) is 42.5 Å². The van der Waals surface area contributed by atoms with Crippen LogP contribution in [0.25, 0.3) is 0 Å². The minimum Gasteiger partial charge on any atom is -0.326 e. The quantitative estimate of drug-likeness (QED) is 0.866. The van der Waals surface area contributed by atoms with Crippen molar-refractivity contribution in [1.29, 1.82) is 0 Å². The Kier molecular flexibility index (Phi) is 5.09. The van der Waals surface area contributed by atoms with Crippen molar-refractivity contribution in [1.82, 2.24) is 0 Å².